The van der Waals surface area contributed by atoms with Gasteiger partial charge in [0.1, 0.15) is 0 Å². The van der Waals surface area contributed by atoms with Gasteiger partial charge in [-0.05, 0) is 30.0 Å². The summed E-state index contributed by atoms with van der Waals surface area (Å²) >= 11 is 3.03. The molecule has 1 atom stereocenters. The van der Waals surface area contributed by atoms with Crippen LogP contribution in [-0.2, 0) is 6.18 Å². The second-order valence-electron chi connectivity index (χ2n) is 4.78. The maximum atomic E-state index is 12.9. The van der Waals surface area contributed by atoms with E-state index in [0.29, 0.717) is 16.8 Å². The van der Waals surface area contributed by atoms with Gasteiger partial charge in [-0.3, -0.25) is 0 Å². The predicted octanol–water partition coefficient (Wildman–Crippen LogP) is 4.69. The van der Waals surface area contributed by atoms with Gasteiger partial charge in [0.25, 0.3) is 0 Å². The molecule has 0 amide bonds. The Balaban J connectivity index is 2.25. The van der Waals surface area contributed by atoms with Crippen LogP contribution in [0.5, 0.6) is 0 Å². The number of aliphatic hydroxyl groups excluding tert-OH is 1. The largest absolute Gasteiger partial charge is 0.416 e. The molecule has 0 aromatic heterocycles. The van der Waals surface area contributed by atoms with E-state index in [1.807, 2.05) is 0 Å². The highest BCUT2D eigenvalue weighted by atomic mass is 79.9. The van der Waals surface area contributed by atoms with Crippen LogP contribution in [0.15, 0.2) is 22.7 Å². The second kappa shape index (κ2) is 5.21. The van der Waals surface area contributed by atoms with E-state index in [0.717, 1.165) is 25.3 Å². The van der Waals surface area contributed by atoms with E-state index in [1.54, 1.807) is 0 Å². The molecule has 0 radical (unpaired) electrons. The zero-order valence-corrected chi connectivity index (χ0v) is 11.3. The Labute approximate surface area is 112 Å². The topological polar surface area (TPSA) is 20.2 Å². The van der Waals surface area contributed by atoms with Crippen molar-refractivity contribution < 1.29 is 18.3 Å². The van der Waals surface area contributed by atoms with Crippen LogP contribution in [0.25, 0.3) is 0 Å². The molecule has 1 saturated carbocycles. The van der Waals surface area contributed by atoms with Gasteiger partial charge in [-0.25, -0.2) is 0 Å². The highest BCUT2D eigenvalue weighted by Crippen LogP contribution is 2.40. The summed E-state index contributed by atoms with van der Waals surface area (Å²) in [5, 5.41) is 9.98. The van der Waals surface area contributed by atoms with Crippen LogP contribution < -0.4 is 0 Å². The molecule has 1 unspecified atom stereocenters. The zero-order valence-electron chi connectivity index (χ0n) is 9.67. The maximum absolute atomic E-state index is 12.9. The molecular weight excluding hydrogens is 309 g/mol. The number of aliphatic hydroxyl groups is 1. The average molecular weight is 323 g/mol. The summed E-state index contributed by atoms with van der Waals surface area (Å²) in [7, 11) is 0. The van der Waals surface area contributed by atoms with Gasteiger partial charge >= 0.3 is 6.18 Å². The lowest BCUT2D eigenvalue weighted by atomic mass is 9.80. The van der Waals surface area contributed by atoms with Crippen molar-refractivity contribution in [2.45, 2.75) is 38.0 Å². The SMILES string of the molecule is OC(CC1CCC1)c1ccc(Br)cc1C(F)(F)F. The number of hydrogen-bond acceptors (Lipinski definition) is 1. The minimum absolute atomic E-state index is 0.0161. The minimum Gasteiger partial charge on any atom is -0.388 e. The number of halogens is 4. The first-order valence-corrected chi connectivity index (χ1v) is 6.72. The van der Waals surface area contributed by atoms with Crippen LogP contribution in [0, 0.1) is 5.92 Å². The molecule has 1 aliphatic carbocycles. The number of rotatable bonds is 3. The van der Waals surface area contributed by atoms with Gasteiger partial charge in [-0.2, -0.15) is 13.2 Å². The van der Waals surface area contributed by atoms with Gasteiger partial charge in [-0.1, -0.05) is 41.3 Å². The van der Waals surface area contributed by atoms with Gasteiger partial charge < -0.3 is 5.11 Å². The Morgan fingerprint density at radius 2 is 2.00 bits per heavy atom. The Morgan fingerprint density at radius 1 is 1.33 bits per heavy atom. The summed E-state index contributed by atoms with van der Waals surface area (Å²) in [6.45, 7) is 0. The Hall–Kier alpha value is -0.550. The second-order valence-corrected chi connectivity index (χ2v) is 5.69. The Morgan fingerprint density at radius 3 is 2.50 bits per heavy atom. The molecule has 1 aromatic carbocycles. The van der Waals surface area contributed by atoms with Crippen LogP contribution >= 0.6 is 15.9 Å². The fraction of sp³-hybridized carbons (Fsp3) is 0.538. The third-order valence-electron chi connectivity index (χ3n) is 3.46. The molecule has 1 nitrogen and oxygen atoms in total. The monoisotopic (exact) mass is 322 g/mol. The van der Waals surface area contributed by atoms with E-state index in [1.165, 1.54) is 12.1 Å². The minimum atomic E-state index is -4.43. The first-order chi connectivity index (χ1) is 8.38. The number of benzene rings is 1. The highest BCUT2D eigenvalue weighted by molar-refractivity contribution is 9.10. The smallest absolute Gasteiger partial charge is 0.388 e. The van der Waals surface area contributed by atoms with E-state index in [9.17, 15) is 18.3 Å². The molecule has 0 bridgehead atoms. The fourth-order valence-corrected chi connectivity index (χ4v) is 2.60. The van der Waals surface area contributed by atoms with Gasteiger partial charge in [0, 0.05) is 4.47 Å². The summed E-state index contributed by atoms with van der Waals surface area (Å²) in [6.07, 6.45) is -1.90. The first-order valence-electron chi connectivity index (χ1n) is 5.92. The van der Waals surface area contributed by atoms with E-state index < -0.39 is 17.8 Å². The normalized spacial score (nSPS) is 18.5. The number of hydrogen-bond donors (Lipinski definition) is 1. The van der Waals surface area contributed by atoms with E-state index >= 15 is 0 Å². The van der Waals surface area contributed by atoms with Crippen LogP contribution in [0.4, 0.5) is 13.2 Å². The average Bonchev–Trinajstić information content (AvgIpc) is 2.22. The lowest BCUT2D eigenvalue weighted by molar-refractivity contribution is -0.139. The Bertz CT molecular complexity index is 427. The molecule has 0 saturated heterocycles. The lowest BCUT2D eigenvalue weighted by Gasteiger charge is -2.28. The molecule has 1 N–H and O–H groups in total. The van der Waals surface area contributed by atoms with Crippen LogP contribution in [0.1, 0.15) is 42.9 Å². The summed E-state index contributed by atoms with van der Waals surface area (Å²) in [5.41, 5.74) is -0.763. The molecular formula is C13H14BrF3O. The quantitative estimate of drug-likeness (QED) is 0.855. The van der Waals surface area contributed by atoms with Crippen molar-refractivity contribution in [1.29, 1.82) is 0 Å². The van der Waals surface area contributed by atoms with E-state index in [2.05, 4.69) is 15.9 Å². The molecule has 5 heteroatoms. The van der Waals surface area contributed by atoms with Gasteiger partial charge in [-0.15, -0.1) is 0 Å². The van der Waals surface area contributed by atoms with E-state index in [4.69, 9.17) is 0 Å². The molecule has 0 spiro atoms. The zero-order chi connectivity index (χ0) is 13.3. The summed E-state index contributed by atoms with van der Waals surface area (Å²) in [5.74, 6) is 0.365. The molecule has 1 fully saturated rings. The van der Waals surface area contributed by atoms with Crippen molar-refractivity contribution >= 4 is 15.9 Å². The molecule has 0 heterocycles. The van der Waals surface area contributed by atoms with Gasteiger partial charge in [0.15, 0.2) is 0 Å². The van der Waals surface area contributed by atoms with Gasteiger partial charge in [0.05, 0.1) is 11.7 Å². The molecule has 100 valence electrons. The predicted molar refractivity (Wildman–Crippen MR) is 66.1 cm³/mol. The molecule has 0 aliphatic heterocycles. The first kappa shape index (κ1) is 13.9. The summed E-state index contributed by atoms with van der Waals surface area (Å²) < 4.78 is 39.0. The van der Waals surface area contributed by atoms with Crippen molar-refractivity contribution in [3.05, 3.63) is 33.8 Å². The fourth-order valence-electron chi connectivity index (χ4n) is 2.24. The van der Waals surface area contributed by atoms with Crippen LogP contribution in [-0.4, -0.2) is 5.11 Å². The maximum Gasteiger partial charge on any atom is 0.416 e. The van der Waals surface area contributed by atoms with Crippen LogP contribution in [0.3, 0.4) is 0 Å². The van der Waals surface area contributed by atoms with Crippen molar-refractivity contribution in [3.8, 4) is 0 Å². The standard InChI is InChI=1S/C13H14BrF3O/c14-9-4-5-10(11(7-9)13(15,16)17)12(18)6-8-2-1-3-8/h4-5,7-8,12,18H,1-3,6H2. The molecule has 2 rings (SSSR count). The Kier molecular flexibility index (Phi) is 4.02. The van der Waals surface area contributed by atoms with Crippen LogP contribution in [0.2, 0.25) is 0 Å². The van der Waals surface area contributed by atoms with Crippen molar-refractivity contribution in [2.75, 3.05) is 0 Å². The number of alkyl halides is 3. The van der Waals surface area contributed by atoms with Gasteiger partial charge in [0.2, 0.25) is 0 Å². The van der Waals surface area contributed by atoms with Crippen molar-refractivity contribution in [3.63, 3.8) is 0 Å². The summed E-state index contributed by atoms with van der Waals surface area (Å²) in [6, 6.07) is 3.92. The lowest BCUT2D eigenvalue weighted by Crippen LogP contribution is -2.18. The molecule has 18 heavy (non-hydrogen) atoms. The van der Waals surface area contributed by atoms with Crippen molar-refractivity contribution in [2.24, 2.45) is 5.92 Å². The molecule has 1 aromatic rings. The third kappa shape index (κ3) is 3.06. The summed E-state index contributed by atoms with van der Waals surface area (Å²) in [4.78, 5) is 0. The highest BCUT2D eigenvalue weighted by Gasteiger charge is 2.35. The van der Waals surface area contributed by atoms with Crippen molar-refractivity contribution in [1.82, 2.24) is 0 Å². The van der Waals surface area contributed by atoms with E-state index in [-0.39, 0.29) is 5.56 Å². The third-order valence-corrected chi connectivity index (χ3v) is 3.95. The molecule has 1 aliphatic rings.